The molecule has 0 amide bonds. The molecule has 0 saturated heterocycles. The molecule has 0 aromatic heterocycles. The van der Waals surface area contributed by atoms with E-state index in [0.717, 1.165) is 23.0 Å². The van der Waals surface area contributed by atoms with E-state index in [1.807, 2.05) is 74.7 Å². The van der Waals surface area contributed by atoms with Crippen LogP contribution in [-0.4, -0.2) is 94.3 Å². The number of carbonyl (C=O) groups excluding carboxylic acids is 4. The first kappa shape index (κ1) is 88.3. The van der Waals surface area contributed by atoms with Crippen molar-refractivity contribution in [2.45, 2.75) is 387 Å². The van der Waals surface area contributed by atoms with Gasteiger partial charge < -0.3 is 18.9 Å². The van der Waals surface area contributed by atoms with Gasteiger partial charge in [-0.25, -0.2) is 0 Å². The Morgan fingerprint density at radius 1 is 0.247 bits per heavy atom. The van der Waals surface area contributed by atoms with Crippen molar-refractivity contribution in [2.24, 2.45) is 29.1 Å². The average molecular weight is 1330 g/mol. The van der Waals surface area contributed by atoms with E-state index in [0.29, 0.717) is 25.7 Å². The highest BCUT2D eigenvalue weighted by atomic mass is 32.2. The zero-order valence-corrected chi connectivity index (χ0v) is 64.1. The van der Waals surface area contributed by atoms with E-state index in [-0.39, 0.29) is 95.0 Å². The molecule has 0 rings (SSSR count). The van der Waals surface area contributed by atoms with Crippen LogP contribution in [0.4, 0.5) is 0 Å². The number of carbonyl (C=O) groups is 4. The van der Waals surface area contributed by atoms with Crippen molar-refractivity contribution < 1.29 is 38.1 Å². The van der Waals surface area contributed by atoms with Gasteiger partial charge in [-0.3, -0.25) is 19.2 Å². The van der Waals surface area contributed by atoms with E-state index in [1.54, 1.807) is 0 Å². The van der Waals surface area contributed by atoms with Gasteiger partial charge in [0.15, 0.2) is 0 Å². The fraction of sp³-hybridized carbons (Fsp3) is 0.948. The summed E-state index contributed by atoms with van der Waals surface area (Å²) in [7, 11) is 0. The maximum absolute atomic E-state index is 14.1. The third-order valence-corrected chi connectivity index (χ3v) is 23.2. The highest BCUT2D eigenvalue weighted by Gasteiger charge is 2.40. The number of hydrogen-bond acceptors (Lipinski definition) is 12. The Kier molecular flexibility index (Phi) is 62.8. The first-order valence-corrected chi connectivity index (χ1v) is 42.4. The van der Waals surface area contributed by atoms with E-state index in [9.17, 15) is 19.2 Å². The van der Waals surface area contributed by atoms with Crippen LogP contribution in [-0.2, 0) is 38.1 Å². The Bertz CT molecular complexity index is 1370. The molecule has 0 aliphatic carbocycles. The maximum Gasteiger partial charge on any atom is 0.308 e. The normalized spacial score (nSPS) is 15.1. The Balaban J connectivity index is 6.16. The molecule has 0 radical (unpaired) electrons. The highest BCUT2D eigenvalue weighted by Crippen LogP contribution is 2.30. The Morgan fingerprint density at radius 2 is 0.393 bits per heavy atom. The molecule has 0 bridgehead atoms. The van der Waals surface area contributed by atoms with E-state index in [2.05, 4.69) is 55.4 Å². The van der Waals surface area contributed by atoms with Crippen molar-refractivity contribution in [2.75, 3.05) is 49.4 Å². The Morgan fingerprint density at radius 3 is 0.551 bits per heavy atom. The molecule has 12 heteroatoms. The minimum Gasteiger partial charge on any atom is -0.464 e. The molecule has 0 N–H and O–H groups in total. The zero-order valence-electron chi connectivity index (χ0n) is 60.8. The van der Waals surface area contributed by atoms with E-state index < -0.39 is 5.41 Å². The van der Waals surface area contributed by atoms with Crippen LogP contribution in [0.1, 0.15) is 366 Å². The van der Waals surface area contributed by atoms with Crippen molar-refractivity contribution >= 4 is 70.9 Å². The number of ether oxygens (including phenoxy) is 4. The smallest absolute Gasteiger partial charge is 0.308 e. The summed E-state index contributed by atoms with van der Waals surface area (Å²) in [6, 6.07) is 0. The first-order chi connectivity index (χ1) is 43.0. The minimum absolute atomic E-state index is 0.220. The monoisotopic (exact) mass is 1330 g/mol. The van der Waals surface area contributed by atoms with Crippen molar-refractivity contribution in [1.29, 1.82) is 0 Å². The molecule has 8 unspecified atom stereocenters. The van der Waals surface area contributed by atoms with Crippen LogP contribution >= 0.6 is 47.0 Å². The van der Waals surface area contributed by atoms with Crippen LogP contribution in [0.3, 0.4) is 0 Å². The molecular formula is C77H148O8S4. The topological polar surface area (TPSA) is 105 Å². The van der Waals surface area contributed by atoms with Gasteiger partial charge in [-0.2, -0.15) is 47.0 Å². The summed E-state index contributed by atoms with van der Waals surface area (Å²) >= 11 is 7.70. The lowest BCUT2D eigenvalue weighted by Gasteiger charge is -2.33. The van der Waals surface area contributed by atoms with Crippen LogP contribution in [0.15, 0.2) is 0 Å². The molecule has 0 spiro atoms. The second-order valence-electron chi connectivity index (χ2n) is 27.9. The van der Waals surface area contributed by atoms with Gasteiger partial charge in [0.2, 0.25) is 0 Å². The van der Waals surface area contributed by atoms with Gasteiger partial charge in [-0.1, -0.05) is 314 Å². The summed E-state index contributed by atoms with van der Waals surface area (Å²) in [4.78, 5) is 56.3. The summed E-state index contributed by atoms with van der Waals surface area (Å²) in [6.07, 6.45) is 55.1. The predicted molar refractivity (Wildman–Crippen MR) is 396 cm³/mol. The predicted octanol–water partition coefficient (Wildman–Crippen LogP) is 24.4. The Hall–Kier alpha value is -0.720. The fourth-order valence-corrected chi connectivity index (χ4v) is 16.7. The van der Waals surface area contributed by atoms with Crippen molar-refractivity contribution in [1.82, 2.24) is 0 Å². The second-order valence-corrected chi connectivity index (χ2v) is 34.1. The van der Waals surface area contributed by atoms with Gasteiger partial charge in [-0.05, 0) is 74.4 Å². The molecule has 0 saturated carbocycles. The summed E-state index contributed by atoms with van der Waals surface area (Å²) in [5.74, 6) is 1.36. The van der Waals surface area contributed by atoms with Gasteiger partial charge >= 0.3 is 23.9 Å². The minimum atomic E-state index is -1.31. The molecule has 8 atom stereocenters. The van der Waals surface area contributed by atoms with Crippen molar-refractivity contribution in [3.63, 3.8) is 0 Å². The number of rotatable bonds is 68. The molecule has 89 heavy (non-hydrogen) atoms. The average Bonchev–Trinajstić information content (AvgIpc) is 3.71. The van der Waals surface area contributed by atoms with E-state index >= 15 is 0 Å². The zero-order chi connectivity index (χ0) is 65.9. The van der Waals surface area contributed by atoms with Crippen LogP contribution in [0, 0.1) is 29.1 Å². The molecule has 0 fully saturated rings. The van der Waals surface area contributed by atoms with Crippen LogP contribution < -0.4 is 0 Å². The van der Waals surface area contributed by atoms with Crippen molar-refractivity contribution in [3.8, 4) is 0 Å². The lowest BCUT2D eigenvalue weighted by atomic mass is 9.91. The summed E-state index contributed by atoms with van der Waals surface area (Å²) in [5, 5.41) is 1.09. The van der Waals surface area contributed by atoms with Gasteiger partial charge in [0, 0.05) is 21.0 Å². The van der Waals surface area contributed by atoms with Gasteiger partial charge in [0.25, 0.3) is 0 Å². The molecule has 0 aliphatic rings. The first-order valence-electron chi connectivity index (χ1n) is 38.2. The number of unbranched alkanes of at least 4 members (excludes halogenated alkanes) is 36. The van der Waals surface area contributed by atoms with Gasteiger partial charge in [0.05, 0.1) is 23.7 Å². The van der Waals surface area contributed by atoms with Crippen molar-refractivity contribution in [3.05, 3.63) is 0 Å². The number of hydrogen-bond donors (Lipinski definition) is 0. The molecule has 0 aromatic rings. The lowest BCUT2D eigenvalue weighted by Crippen LogP contribution is -2.45. The summed E-state index contributed by atoms with van der Waals surface area (Å²) in [5.41, 5.74) is -1.31. The molecule has 0 heterocycles. The van der Waals surface area contributed by atoms with Crippen LogP contribution in [0.25, 0.3) is 0 Å². The van der Waals surface area contributed by atoms with Crippen LogP contribution in [0.2, 0.25) is 0 Å². The van der Waals surface area contributed by atoms with E-state index in [4.69, 9.17) is 18.9 Å². The maximum atomic E-state index is 14.1. The third kappa shape index (κ3) is 55.2. The second kappa shape index (κ2) is 63.3. The highest BCUT2D eigenvalue weighted by molar-refractivity contribution is 8.00. The molecule has 8 nitrogen and oxygen atoms in total. The molecule has 528 valence electrons. The largest absolute Gasteiger partial charge is 0.464 e. The molecule has 0 aromatic carbocycles. The van der Waals surface area contributed by atoms with Crippen LogP contribution in [0.5, 0.6) is 0 Å². The molecular weight excluding hydrogens is 1180 g/mol. The van der Waals surface area contributed by atoms with Gasteiger partial charge in [-0.15, -0.1) is 0 Å². The molecule has 0 aliphatic heterocycles. The standard InChI is InChI=1S/C77H148O8S4/c1-13-17-21-25-29-33-37-41-45-49-53-86-69(9)57-65(5)73(78)82-61-77(62-83-74(79)66(6)58-70(10)87-54-50-46-42-38-34-30-26-22-18-14-2,63-84-75(80)67(7)59-71(11)88-55-51-47-43-39-35-31-27-23-19-15-3)64-85-76(81)68(8)60-72(12)89-56-52-48-44-40-36-32-28-24-20-16-4/h65-72H,13-64H2,1-12H3. The summed E-state index contributed by atoms with van der Waals surface area (Å²) < 4.78 is 25.0. The number of esters is 4. The Labute approximate surface area is 570 Å². The lowest BCUT2D eigenvalue weighted by molar-refractivity contribution is -0.175. The quantitative estimate of drug-likeness (QED) is 0.0329. The number of thioether (sulfide) groups is 4. The SMILES string of the molecule is CCCCCCCCCCCCSC(C)CC(C)C(=O)OCC(COC(=O)C(C)CC(C)SCCCCCCCCCCCC)(COC(=O)C(C)CC(C)SCCCCCCCCCCCC)COC(=O)C(C)CC(C)SCCCCCCCCCCCC. The fourth-order valence-electron chi connectivity index (χ4n) is 11.9. The van der Waals surface area contributed by atoms with E-state index in [1.165, 1.54) is 257 Å². The van der Waals surface area contributed by atoms with Gasteiger partial charge in [0.1, 0.15) is 31.8 Å². The summed E-state index contributed by atoms with van der Waals surface area (Å²) in [6.45, 7) is 24.7. The third-order valence-electron chi connectivity index (χ3n) is 18.0.